The van der Waals surface area contributed by atoms with Crippen molar-refractivity contribution < 1.29 is 19.8 Å². The minimum atomic E-state index is -0.267. The minimum absolute atomic E-state index is 0.0701. The Morgan fingerprint density at radius 3 is 2.38 bits per heavy atom. The second-order valence-corrected chi connectivity index (χ2v) is 8.10. The highest BCUT2D eigenvalue weighted by Crippen LogP contribution is 2.22. The van der Waals surface area contributed by atoms with Gasteiger partial charge in [0.15, 0.2) is 0 Å². The van der Waals surface area contributed by atoms with Crippen molar-refractivity contribution in [2.24, 2.45) is 0 Å². The van der Waals surface area contributed by atoms with E-state index in [2.05, 4.69) is 15.6 Å². The molecule has 1 saturated carbocycles. The Bertz CT molecular complexity index is 1100. The molecule has 34 heavy (non-hydrogen) atoms. The molecule has 1 aliphatic carbocycles. The number of amides is 2. The monoisotopic (exact) mass is 461 g/mol. The topological polar surface area (TPSA) is 112 Å². The van der Waals surface area contributed by atoms with Crippen LogP contribution in [-0.4, -0.2) is 40.2 Å². The average molecular weight is 462 g/mol. The van der Waals surface area contributed by atoms with Gasteiger partial charge in [-0.1, -0.05) is 31.0 Å². The third kappa shape index (κ3) is 6.50. The summed E-state index contributed by atoms with van der Waals surface area (Å²) in [6.45, 7) is 0.0544. The summed E-state index contributed by atoms with van der Waals surface area (Å²) in [5.74, 6) is -0.338. The van der Waals surface area contributed by atoms with Gasteiger partial charge in [0.25, 0.3) is 11.8 Å². The third-order valence-electron chi connectivity index (χ3n) is 5.87. The summed E-state index contributed by atoms with van der Waals surface area (Å²) < 4.78 is 0. The van der Waals surface area contributed by atoms with E-state index in [-0.39, 0.29) is 24.5 Å². The standard InChI is InChI=1S/C26H27N3O3.CH4O/c30-17-22-15-20(19-10-12-27-13-11-19)8-9-24(22)26(32)28-16-18-4-3-5-21(14-18)25(31)29-23-6-1-2-7-23;1-2/h3-5,8-15,23,30H,1-2,6-7,16-17H2,(H,28,32)(H,29,31);2H,1H3. The van der Waals surface area contributed by atoms with Gasteiger partial charge < -0.3 is 20.8 Å². The first-order valence-electron chi connectivity index (χ1n) is 11.4. The van der Waals surface area contributed by atoms with E-state index < -0.39 is 0 Å². The molecule has 178 valence electrons. The number of aliphatic hydroxyl groups excluding tert-OH is 2. The van der Waals surface area contributed by atoms with Crippen LogP contribution < -0.4 is 10.6 Å². The molecule has 0 bridgehead atoms. The number of hydrogen-bond donors (Lipinski definition) is 4. The van der Waals surface area contributed by atoms with Crippen LogP contribution in [0.3, 0.4) is 0 Å². The maximum absolute atomic E-state index is 12.8. The van der Waals surface area contributed by atoms with E-state index in [1.807, 2.05) is 42.5 Å². The van der Waals surface area contributed by atoms with Gasteiger partial charge in [0.2, 0.25) is 0 Å². The van der Waals surface area contributed by atoms with Crippen LogP contribution in [0.15, 0.2) is 67.0 Å². The zero-order valence-corrected chi connectivity index (χ0v) is 19.3. The van der Waals surface area contributed by atoms with Crippen molar-refractivity contribution in [2.45, 2.75) is 44.9 Å². The molecule has 0 aliphatic heterocycles. The minimum Gasteiger partial charge on any atom is -0.400 e. The number of carbonyl (C=O) groups excluding carboxylic acids is 2. The SMILES string of the molecule is CO.O=C(NC1CCCC1)c1cccc(CNC(=O)c2ccc(-c3ccncc3)cc2CO)c1. The van der Waals surface area contributed by atoms with Crippen molar-refractivity contribution in [2.75, 3.05) is 7.11 Å². The Morgan fingerprint density at radius 1 is 0.941 bits per heavy atom. The van der Waals surface area contributed by atoms with Crippen molar-refractivity contribution in [3.05, 3.63) is 89.2 Å². The van der Waals surface area contributed by atoms with E-state index in [1.54, 1.807) is 24.5 Å². The molecule has 1 fully saturated rings. The molecular weight excluding hydrogens is 430 g/mol. The lowest BCUT2D eigenvalue weighted by molar-refractivity contribution is 0.0935. The van der Waals surface area contributed by atoms with Crippen LogP contribution in [0, 0.1) is 0 Å². The maximum Gasteiger partial charge on any atom is 0.251 e. The van der Waals surface area contributed by atoms with Crippen LogP contribution >= 0.6 is 0 Å². The Hall–Kier alpha value is -3.55. The highest BCUT2D eigenvalue weighted by molar-refractivity contribution is 5.96. The first kappa shape index (κ1) is 25.1. The first-order valence-corrected chi connectivity index (χ1v) is 11.4. The summed E-state index contributed by atoms with van der Waals surface area (Å²) in [5, 5.41) is 22.8. The van der Waals surface area contributed by atoms with Crippen LogP contribution in [0.2, 0.25) is 0 Å². The summed E-state index contributed by atoms with van der Waals surface area (Å²) in [5.41, 5.74) is 4.31. The summed E-state index contributed by atoms with van der Waals surface area (Å²) in [7, 11) is 1.00. The molecule has 7 nitrogen and oxygen atoms in total. The summed E-state index contributed by atoms with van der Waals surface area (Å²) in [4.78, 5) is 29.3. The highest BCUT2D eigenvalue weighted by atomic mass is 16.3. The number of nitrogens with one attached hydrogen (secondary N) is 2. The Morgan fingerprint density at radius 2 is 1.68 bits per heavy atom. The normalized spacial score (nSPS) is 13.0. The lowest BCUT2D eigenvalue weighted by Gasteiger charge is -2.13. The number of hydrogen-bond acceptors (Lipinski definition) is 5. The smallest absolute Gasteiger partial charge is 0.251 e. The van der Waals surface area contributed by atoms with Crippen molar-refractivity contribution in [3.8, 4) is 11.1 Å². The fraction of sp³-hybridized carbons (Fsp3) is 0.296. The zero-order chi connectivity index (χ0) is 24.3. The number of rotatable bonds is 7. The quantitative estimate of drug-likeness (QED) is 0.431. The summed E-state index contributed by atoms with van der Waals surface area (Å²) >= 11 is 0. The predicted octanol–water partition coefficient (Wildman–Crippen LogP) is 3.45. The number of nitrogens with zero attached hydrogens (tertiary/aromatic N) is 1. The molecule has 0 spiro atoms. The third-order valence-corrected chi connectivity index (χ3v) is 5.87. The molecule has 1 heterocycles. The van der Waals surface area contributed by atoms with Gasteiger partial charge in [-0.2, -0.15) is 0 Å². The first-order chi connectivity index (χ1) is 16.6. The number of aromatic nitrogens is 1. The maximum atomic E-state index is 12.8. The molecule has 2 amide bonds. The lowest BCUT2D eigenvalue weighted by Crippen LogP contribution is -2.32. The molecule has 0 atom stereocenters. The molecular formula is C27H31N3O4. The average Bonchev–Trinajstić information content (AvgIpc) is 3.42. The molecule has 3 aromatic rings. The molecule has 4 rings (SSSR count). The summed E-state index contributed by atoms with van der Waals surface area (Å²) in [6, 6.07) is 16.7. The zero-order valence-electron chi connectivity index (χ0n) is 19.3. The Balaban J connectivity index is 0.00000158. The molecule has 1 aliphatic rings. The van der Waals surface area contributed by atoms with E-state index in [1.165, 1.54) is 0 Å². The number of benzene rings is 2. The molecule has 2 aromatic carbocycles. The number of carbonyl (C=O) groups is 2. The van der Waals surface area contributed by atoms with E-state index in [0.717, 1.165) is 49.5 Å². The van der Waals surface area contributed by atoms with Crippen LogP contribution in [0.25, 0.3) is 11.1 Å². The van der Waals surface area contributed by atoms with Gasteiger partial charge in [-0.15, -0.1) is 0 Å². The van der Waals surface area contributed by atoms with Gasteiger partial charge in [-0.05, 0) is 71.5 Å². The molecule has 7 heteroatoms. The van der Waals surface area contributed by atoms with E-state index >= 15 is 0 Å². The van der Waals surface area contributed by atoms with Crippen LogP contribution in [0.4, 0.5) is 0 Å². The van der Waals surface area contributed by atoms with Gasteiger partial charge >= 0.3 is 0 Å². The van der Waals surface area contributed by atoms with Crippen molar-refractivity contribution >= 4 is 11.8 Å². The van der Waals surface area contributed by atoms with E-state index in [9.17, 15) is 14.7 Å². The van der Waals surface area contributed by atoms with Gasteiger partial charge in [0.05, 0.1) is 6.61 Å². The number of pyridine rings is 1. The van der Waals surface area contributed by atoms with Gasteiger partial charge in [0.1, 0.15) is 0 Å². The second-order valence-electron chi connectivity index (χ2n) is 8.10. The largest absolute Gasteiger partial charge is 0.400 e. The molecule has 0 unspecified atom stereocenters. The van der Waals surface area contributed by atoms with Gasteiger partial charge in [-0.3, -0.25) is 14.6 Å². The second kappa shape index (κ2) is 12.6. The van der Waals surface area contributed by atoms with Crippen molar-refractivity contribution in [1.29, 1.82) is 0 Å². The fourth-order valence-corrected chi connectivity index (χ4v) is 4.11. The molecule has 0 radical (unpaired) electrons. The fourth-order valence-electron chi connectivity index (χ4n) is 4.11. The van der Waals surface area contributed by atoms with Crippen LogP contribution in [-0.2, 0) is 13.2 Å². The van der Waals surface area contributed by atoms with E-state index in [4.69, 9.17) is 5.11 Å². The summed E-state index contributed by atoms with van der Waals surface area (Å²) in [6.07, 6.45) is 7.81. The predicted molar refractivity (Wildman–Crippen MR) is 131 cm³/mol. The van der Waals surface area contributed by atoms with Crippen LogP contribution in [0.5, 0.6) is 0 Å². The molecule has 1 aromatic heterocycles. The van der Waals surface area contributed by atoms with Crippen LogP contribution in [0.1, 0.15) is 57.5 Å². The number of aliphatic hydroxyl groups is 2. The van der Waals surface area contributed by atoms with Gasteiger partial charge in [0, 0.05) is 43.2 Å². The van der Waals surface area contributed by atoms with Crippen molar-refractivity contribution in [3.63, 3.8) is 0 Å². The van der Waals surface area contributed by atoms with Gasteiger partial charge in [-0.25, -0.2) is 0 Å². The Kier molecular flexibility index (Phi) is 9.31. The van der Waals surface area contributed by atoms with Crippen molar-refractivity contribution in [1.82, 2.24) is 15.6 Å². The molecule has 4 N–H and O–H groups in total. The van der Waals surface area contributed by atoms with E-state index in [0.29, 0.717) is 23.2 Å². The Labute approximate surface area is 199 Å². The lowest BCUT2D eigenvalue weighted by atomic mass is 9.99. The highest BCUT2D eigenvalue weighted by Gasteiger charge is 2.18. The molecule has 0 saturated heterocycles.